The lowest BCUT2D eigenvalue weighted by molar-refractivity contribution is -0.123. The lowest BCUT2D eigenvalue weighted by Gasteiger charge is -2.26. The second-order valence-electron chi connectivity index (χ2n) is 4.88. The van der Waals surface area contributed by atoms with Crippen LogP contribution in [0.2, 0.25) is 0 Å². The van der Waals surface area contributed by atoms with Crippen LogP contribution in [0, 0.1) is 5.82 Å². The van der Waals surface area contributed by atoms with Gasteiger partial charge in [-0.2, -0.15) is 0 Å². The van der Waals surface area contributed by atoms with Crippen LogP contribution < -0.4 is 10.1 Å². The Balaban J connectivity index is 1.56. The molecule has 0 spiro atoms. The fraction of sp³-hybridized carbons (Fsp3) is 0.533. The zero-order valence-electron chi connectivity index (χ0n) is 12.0. The van der Waals surface area contributed by atoms with E-state index in [1.165, 1.54) is 12.1 Å². The summed E-state index contributed by atoms with van der Waals surface area (Å²) in [6, 6.07) is 6.04. The molecular formula is C15H21FN2O3. The van der Waals surface area contributed by atoms with Crippen LogP contribution in [0.15, 0.2) is 24.3 Å². The Morgan fingerprint density at radius 2 is 2.10 bits per heavy atom. The van der Waals surface area contributed by atoms with Gasteiger partial charge in [-0.3, -0.25) is 9.69 Å². The van der Waals surface area contributed by atoms with Crippen molar-refractivity contribution in [1.29, 1.82) is 0 Å². The van der Waals surface area contributed by atoms with Crippen LogP contribution in [0.4, 0.5) is 4.39 Å². The highest BCUT2D eigenvalue weighted by Gasteiger charge is 2.10. The van der Waals surface area contributed by atoms with Gasteiger partial charge in [-0.1, -0.05) is 12.1 Å². The number of benzene rings is 1. The Morgan fingerprint density at radius 1 is 1.33 bits per heavy atom. The highest BCUT2D eigenvalue weighted by atomic mass is 19.1. The SMILES string of the molecule is O=C(COc1ccccc1F)NCCCN1CCOCC1. The fourth-order valence-corrected chi connectivity index (χ4v) is 2.11. The average Bonchev–Trinajstić information content (AvgIpc) is 2.52. The summed E-state index contributed by atoms with van der Waals surface area (Å²) in [6.45, 7) is 4.83. The molecule has 1 saturated heterocycles. The number of rotatable bonds is 7. The molecule has 1 fully saturated rings. The fourth-order valence-electron chi connectivity index (χ4n) is 2.11. The molecule has 116 valence electrons. The maximum Gasteiger partial charge on any atom is 0.257 e. The smallest absolute Gasteiger partial charge is 0.257 e. The number of para-hydroxylation sites is 1. The van der Waals surface area contributed by atoms with Gasteiger partial charge in [-0.25, -0.2) is 4.39 Å². The van der Waals surface area contributed by atoms with Gasteiger partial charge in [0.25, 0.3) is 5.91 Å². The van der Waals surface area contributed by atoms with Crippen molar-refractivity contribution < 1.29 is 18.7 Å². The molecule has 1 aromatic rings. The Bertz CT molecular complexity index is 450. The van der Waals surface area contributed by atoms with Crippen LogP contribution in [-0.4, -0.2) is 56.8 Å². The molecule has 21 heavy (non-hydrogen) atoms. The van der Waals surface area contributed by atoms with Gasteiger partial charge in [0.2, 0.25) is 0 Å². The van der Waals surface area contributed by atoms with Crippen LogP contribution >= 0.6 is 0 Å². The number of halogens is 1. The number of hydrogen-bond donors (Lipinski definition) is 1. The third-order valence-electron chi connectivity index (χ3n) is 3.27. The quantitative estimate of drug-likeness (QED) is 0.764. The molecule has 0 unspecified atom stereocenters. The summed E-state index contributed by atoms with van der Waals surface area (Å²) in [5.74, 6) is -0.598. The molecule has 0 aromatic heterocycles. The summed E-state index contributed by atoms with van der Waals surface area (Å²) in [5, 5.41) is 2.77. The predicted molar refractivity (Wildman–Crippen MR) is 76.8 cm³/mol. The minimum atomic E-state index is -0.461. The summed E-state index contributed by atoms with van der Waals surface area (Å²) in [5.41, 5.74) is 0. The van der Waals surface area contributed by atoms with E-state index >= 15 is 0 Å². The highest BCUT2D eigenvalue weighted by Crippen LogP contribution is 2.14. The van der Waals surface area contributed by atoms with Crippen LogP contribution in [0.3, 0.4) is 0 Å². The third kappa shape index (κ3) is 5.69. The van der Waals surface area contributed by atoms with E-state index in [4.69, 9.17) is 9.47 Å². The van der Waals surface area contributed by atoms with Gasteiger partial charge in [0.15, 0.2) is 18.2 Å². The van der Waals surface area contributed by atoms with E-state index < -0.39 is 5.82 Å². The molecule has 5 nitrogen and oxygen atoms in total. The zero-order chi connectivity index (χ0) is 14.9. The lowest BCUT2D eigenvalue weighted by Crippen LogP contribution is -2.38. The molecule has 1 amide bonds. The Hall–Kier alpha value is -1.66. The van der Waals surface area contributed by atoms with Crippen molar-refractivity contribution in [2.75, 3.05) is 46.0 Å². The first kappa shape index (κ1) is 15.7. The van der Waals surface area contributed by atoms with Crippen molar-refractivity contribution in [2.24, 2.45) is 0 Å². The van der Waals surface area contributed by atoms with E-state index in [9.17, 15) is 9.18 Å². The first-order valence-electron chi connectivity index (χ1n) is 7.20. The molecule has 1 aliphatic heterocycles. The normalized spacial score (nSPS) is 15.7. The molecule has 1 aromatic carbocycles. The molecule has 0 radical (unpaired) electrons. The largest absolute Gasteiger partial charge is 0.481 e. The van der Waals surface area contributed by atoms with Crippen molar-refractivity contribution in [2.45, 2.75) is 6.42 Å². The van der Waals surface area contributed by atoms with E-state index in [1.807, 2.05) is 0 Å². The molecule has 0 aliphatic carbocycles. The van der Waals surface area contributed by atoms with Crippen LogP contribution in [-0.2, 0) is 9.53 Å². The molecule has 1 heterocycles. The molecule has 1 N–H and O–H groups in total. The van der Waals surface area contributed by atoms with Crippen LogP contribution in [0.1, 0.15) is 6.42 Å². The maximum atomic E-state index is 13.3. The lowest BCUT2D eigenvalue weighted by atomic mass is 10.3. The maximum absolute atomic E-state index is 13.3. The number of carbonyl (C=O) groups is 1. The minimum Gasteiger partial charge on any atom is -0.481 e. The standard InChI is InChI=1S/C15H21FN2O3/c16-13-4-1-2-5-14(13)21-12-15(19)17-6-3-7-18-8-10-20-11-9-18/h1-2,4-5H,3,6-12H2,(H,17,19). The summed E-state index contributed by atoms with van der Waals surface area (Å²) in [7, 11) is 0. The van der Waals surface area contributed by atoms with Crippen molar-refractivity contribution >= 4 is 5.91 Å². The van der Waals surface area contributed by atoms with Gasteiger partial charge < -0.3 is 14.8 Å². The number of amides is 1. The second-order valence-corrected chi connectivity index (χ2v) is 4.88. The predicted octanol–water partition coefficient (Wildman–Crippen LogP) is 1.04. The first-order valence-corrected chi connectivity index (χ1v) is 7.20. The Morgan fingerprint density at radius 3 is 2.86 bits per heavy atom. The number of hydrogen-bond acceptors (Lipinski definition) is 4. The van der Waals surface area contributed by atoms with Crippen LogP contribution in [0.5, 0.6) is 5.75 Å². The van der Waals surface area contributed by atoms with E-state index in [2.05, 4.69) is 10.2 Å². The second kappa shape index (κ2) is 8.59. The van der Waals surface area contributed by atoms with Crippen LogP contribution in [0.25, 0.3) is 0 Å². The number of carbonyl (C=O) groups excluding carboxylic acids is 1. The Labute approximate surface area is 124 Å². The number of morpholine rings is 1. The van der Waals surface area contributed by atoms with Crippen molar-refractivity contribution in [3.8, 4) is 5.75 Å². The van der Waals surface area contributed by atoms with E-state index in [0.717, 1.165) is 39.3 Å². The number of ether oxygens (including phenoxy) is 2. The summed E-state index contributed by atoms with van der Waals surface area (Å²) < 4.78 is 23.7. The molecule has 6 heteroatoms. The van der Waals surface area contributed by atoms with E-state index in [1.54, 1.807) is 12.1 Å². The molecule has 0 atom stereocenters. The summed E-state index contributed by atoms with van der Waals surface area (Å²) >= 11 is 0. The van der Waals surface area contributed by atoms with Gasteiger partial charge in [-0.15, -0.1) is 0 Å². The molecule has 1 aliphatic rings. The van der Waals surface area contributed by atoms with Gasteiger partial charge in [0.05, 0.1) is 13.2 Å². The van der Waals surface area contributed by atoms with E-state index in [0.29, 0.717) is 6.54 Å². The van der Waals surface area contributed by atoms with Crippen molar-refractivity contribution in [3.05, 3.63) is 30.1 Å². The zero-order valence-corrected chi connectivity index (χ0v) is 12.0. The number of nitrogens with zero attached hydrogens (tertiary/aromatic N) is 1. The third-order valence-corrected chi connectivity index (χ3v) is 3.27. The monoisotopic (exact) mass is 296 g/mol. The van der Waals surface area contributed by atoms with Gasteiger partial charge in [0, 0.05) is 19.6 Å². The Kier molecular flexibility index (Phi) is 6.43. The molecule has 0 bridgehead atoms. The number of nitrogens with one attached hydrogen (secondary N) is 1. The van der Waals surface area contributed by atoms with Gasteiger partial charge >= 0.3 is 0 Å². The average molecular weight is 296 g/mol. The van der Waals surface area contributed by atoms with Gasteiger partial charge in [0.1, 0.15) is 0 Å². The minimum absolute atomic E-state index is 0.0981. The van der Waals surface area contributed by atoms with Gasteiger partial charge in [-0.05, 0) is 25.1 Å². The molecular weight excluding hydrogens is 275 g/mol. The summed E-state index contributed by atoms with van der Waals surface area (Å²) in [4.78, 5) is 13.9. The van der Waals surface area contributed by atoms with Crippen molar-refractivity contribution in [1.82, 2.24) is 10.2 Å². The molecule has 0 saturated carbocycles. The van der Waals surface area contributed by atoms with E-state index in [-0.39, 0.29) is 18.3 Å². The first-order chi connectivity index (χ1) is 10.3. The topological polar surface area (TPSA) is 50.8 Å². The summed E-state index contributed by atoms with van der Waals surface area (Å²) in [6.07, 6.45) is 0.880. The molecule has 2 rings (SSSR count). The van der Waals surface area contributed by atoms with Crippen molar-refractivity contribution in [3.63, 3.8) is 0 Å². The highest BCUT2D eigenvalue weighted by molar-refractivity contribution is 5.77.